The fraction of sp³-hybridized carbons (Fsp3) is 0. The number of hydrogen-bond donors (Lipinski definition) is 0. The molecule has 0 saturated carbocycles. The third-order valence-corrected chi connectivity index (χ3v) is 3.48. The molecule has 1 aromatic rings. The molecule has 2 heterocycles. The number of amides is 4. The van der Waals surface area contributed by atoms with Gasteiger partial charge < -0.3 is 0 Å². The van der Waals surface area contributed by atoms with E-state index in [2.05, 4.69) is 0 Å². The van der Waals surface area contributed by atoms with Crippen LogP contribution < -0.4 is 9.80 Å². The van der Waals surface area contributed by atoms with Crippen LogP contribution in [0.15, 0.2) is 42.5 Å². The van der Waals surface area contributed by atoms with Gasteiger partial charge in [-0.25, -0.2) is 9.80 Å². The molecule has 0 saturated heterocycles. The van der Waals surface area contributed by atoms with Crippen LogP contribution in [0.1, 0.15) is 10.4 Å². The molecule has 2 aliphatic heterocycles. The lowest BCUT2D eigenvalue weighted by Gasteiger charge is -2.19. The van der Waals surface area contributed by atoms with Gasteiger partial charge in [0.1, 0.15) is 0 Å². The molecule has 1 aromatic carbocycles. The normalized spacial score (nSPS) is 16.9. The molecule has 2 aliphatic rings. The monoisotopic (exact) mass is 330 g/mol. The van der Waals surface area contributed by atoms with E-state index in [1.54, 1.807) is 0 Å². The van der Waals surface area contributed by atoms with Gasteiger partial charge in [0, 0.05) is 29.9 Å². The van der Waals surface area contributed by atoms with E-state index < -0.39 is 28.9 Å². The highest BCUT2D eigenvalue weighted by Crippen LogP contribution is 2.29. The van der Waals surface area contributed by atoms with Crippen LogP contribution in [0.2, 0.25) is 0 Å². The van der Waals surface area contributed by atoms with Crippen LogP contribution in [0.3, 0.4) is 0 Å². The zero-order chi connectivity index (χ0) is 16.7. The highest BCUT2D eigenvalue weighted by Gasteiger charge is 2.30. The van der Waals surface area contributed by atoms with Crippen molar-refractivity contribution in [1.82, 2.24) is 0 Å². The lowest BCUT2D eigenvalue weighted by molar-refractivity contribution is -0.121. The molecule has 0 unspecified atom stereocenters. The number of halogens is 1. The average molecular weight is 331 g/mol. The van der Waals surface area contributed by atoms with Gasteiger partial charge in [0.15, 0.2) is 0 Å². The number of rotatable bonds is 3. The maximum atomic E-state index is 11.8. The summed E-state index contributed by atoms with van der Waals surface area (Å²) in [7, 11) is 0. The number of carbonyl (C=O) groups excluding carboxylic acids is 5. The second-order valence-corrected chi connectivity index (χ2v) is 5.05. The number of hydrogen-bond acceptors (Lipinski definition) is 5. The maximum absolute atomic E-state index is 11.8. The number of anilines is 2. The van der Waals surface area contributed by atoms with Gasteiger partial charge in [-0.2, -0.15) is 0 Å². The third-order valence-electron chi connectivity index (χ3n) is 3.26. The van der Waals surface area contributed by atoms with Crippen molar-refractivity contribution in [3.8, 4) is 0 Å². The highest BCUT2D eigenvalue weighted by molar-refractivity contribution is 6.67. The molecule has 0 spiro atoms. The van der Waals surface area contributed by atoms with E-state index in [9.17, 15) is 24.0 Å². The molecule has 3 rings (SSSR count). The van der Waals surface area contributed by atoms with Gasteiger partial charge in [0.2, 0.25) is 0 Å². The molecule has 0 aliphatic carbocycles. The summed E-state index contributed by atoms with van der Waals surface area (Å²) in [6, 6.07) is 3.76. The topological polar surface area (TPSA) is 91.8 Å². The smallest absolute Gasteiger partial charge is 0.258 e. The molecule has 0 fully saturated rings. The SMILES string of the molecule is O=C(Cl)c1cc(N2C(=O)C=CC2=O)cc(N2C(=O)C=CC2=O)c1. The molecule has 0 aromatic heterocycles. The van der Waals surface area contributed by atoms with E-state index in [-0.39, 0.29) is 16.9 Å². The van der Waals surface area contributed by atoms with E-state index in [4.69, 9.17) is 11.6 Å². The number of imide groups is 2. The van der Waals surface area contributed by atoms with Crippen molar-refractivity contribution in [3.05, 3.63) is 48.1 Å². The lowest BCUT2D eigenvalue weighted by Crippen LogP contribution is -2.32. The average Bonchev–Trinajstić information content (AvgIpc) is 3.01. The van der Waals surface area contributed by atoms with E-state index in [0.717, 1.165) is 34.1 Å². The Labute approximate surface area is 134 Å². The molecular formula is C15H7ClN2O5. The summed E-state index contributed by atoms with van der Waals surface area (Å²) in [4.78, 5) is 60.2. The lowest BCUT2D eigenvalue weighted by atomic mass is 10.1. The summed E-state index contributed by atoms with van der Waals surface area (Å²) in [6.07, 6.45) is 4.30. The molecule has 0 N–H and O–H groups in total. The standard InChI is InChI=1S/C15H7ClN2O5/c16-15(23)8-5-9(17-11(19)1-2-12(17)20)7-10(6-8)18-13(21)3-4-14(18)22/h1-7H. The van der Waals surface area contributed by atoms with Crippen molar-refractivity contribution in [2.75, 3.05) is 9.80 Å². The van der Waals surface area contributed by atoms with E-state index >= 15 is 0 Å². The summed E-state index contributed by atoms with van der Waals surface area (Å²) >= 11 is 5.46. The van der Waals surface area contributed by atoms with Crippen molar-refractivity contribution in [3.63, 3.8) is 0 Å². The quantitative estimate of drug-likeness (QED) is 0.607. The Hall–Kier alpha value is -3.06. The van der Waals surface area contributed by atoms with Crippen LogP contribution >= 0.6 is 11.6 Å². The third kappa shape index (κ3) is 2.47. The largest absolute Gasteiger partial charge is 0.276 e. The van der Waals surface area contributed by atoms with Gasteiger partial charge in [0.05, 0.1) is 11.4 Å². The zero-order valence-corrected chi connectivity index (χ0v) is 12.1. The Balaban J connectivity index is 2.13. The summed E-state index contributed by atoms with van der Waals surface area (Å²) in [5.41, 5.74) is 0.0252. The number of carbonyl (C=O) groups is 5. The summed E-state index contributed by atoms with van der Waals surface area (Å²) < 4.78 is 0. The number of benzene rings is 1. The molecule has 8 heteroatoms. The first-order chi connectivity index (χ1) is 10.9. The predicted octanol–water partition coefficient (Wildman–Crippen LogP) is 0.924. The second-order valence-electron chi connectivity index (χ2n) is 4.70. The molecule has 0 atom stereocenters. The van der Waals surface area contributed by atoms with Crippen LogP contribution in [-0.2, 0) is 19.2 Å². The summed E-state index contributed by atoms with van der Waals surface area (Å²) in [5.74, 6) is -2.40. The minimum atomic E-state index is -0.854. The summed E-state index contributed by atoms with van der Waals surface area (Å²) in [5, 5.41) is -0.854. The Kier molecular flexibility index (Phi) is 3.42. The Bertz CT molecular complexity index is 759. The first-order valence-corrected chi connectivity index (χ1v) is 6.73. The predicted molar refractivity (Wildman–Crippen MR) is 79.9 cm³/mol. The molecule has 23 heavy (non-hydrogen) atoms. The van der Waals surface area contributed by atoms with E-state index in [1.165, 1.54) is 18.2 Å². The van der Waals surface area contributed by atoms with Gasteiger partial charge in [-0.3, -0.25) is 24.0 Å². The van der Waals surface area contributed by atoms with Crippen molar-refractivity contribution in [1.29, 1.82) is 0 Å². The van der Waals surface area contributed by atoms with Gasteiger partial charge in [-0.15, -0.1) is 0 Å². The van der Waals surface area contributed by atoms with Crippen LogP contribution in [0.5, 0.6) is 0 Å². The van der Waals surface area contributed by atoms with Crippen LogP contribution in [0.25, 0.3) is 0 Å². The molecule has 4 amide bonds. The van der Waals surface area contributed by atoms with Crippen molar-refractivity contribution >= 4 is 51.8 Å². The highest BCUT2D eigenvalue weighted by atomic mass is 35.5. The maximum Gasteiger partial charge on any atom is 0.258 e. The molecular weight excluding hydrogens is 324 g/mol. The first-order valence-electron chi connectivity index (χ1n) is 6.35. The number of nitrogens with zero attached hydrogens (tertiary/aromatic N) is 2. The molecule has 114 valence electrons. The van der Waals surface area contributed by atoms with Crippen LogP contribution in [0.4, 0.5) is 11.4 Å². The molecule has 0 bridgehead atoms. The van der Waals surface area contributed by atoms with E-state index in [0.29, 0.717) is 0 Å². The van der Waals surface area contributed by atoms with Gasteiger partial charge >= 0.3 is 0 Å². The van der Waals surface area contributed by atoms with Crippen molar-refractivity contribution in [2.45, 2.75) is 0 Å². The van der Waals surface area contributed by atoms with Crippen LogP contribution in [-0.4, -0.2) is 28.9 Å². The Morgan fingerprint density at radius 2 is 1.04 bits per heavy atom. The molecule has 0 radical (unpaired) electrons. The Morgan fingerprint density at radius 3 is 1.35 bits per heavy atom. The molecule has 7 nitrogen and oxygen atoms in total. The zero-order valence-electron chi connectivity index (χ0n) is 11.4. The van der Waals surface area contributed by atoms with Gasteiger partial charge in [0.25, 0.3) is 28.9 Å². The van der Waals surface area contributed by atoms with Crippen LogP contribution in [0, 0.1) is 0 Å². The minimum Gasteiger partial charge on any atom is -0.276 e. The van der Waals surface area contributed by atoms with Gasteiger partial charge in [-0.05, 0) is 29.8 Å². The Morgan fingerprint density at radius 1 is 0.696 bits per heavy atom. The summed E-state index contributed by atoms with van der Waals surface area (Å²) in [6.45, 7) is 0. The van der Waals surface area contributed by atoms with Crippen molar-refractivity contribution in [2.24, 2.45) is 0 Å². The van der Waals surface area contributed by atoms with Gasteiger partial charge in [-0.1, -0.05) is 0 Å². The second kappa shape index (κ2) is 5.29. The van der Waals surface area contributed by atoms with E-state index in [1.807, 2.05) is 0 Å². The first kappa shape index (κ1) is 14.9. The van der Waals surface area contributed by atoms with Crippen molar-refractivity contribution < 1.29 is 24.0 Å². The fourth-order valence-electron chi connectivity index (χ4n) is 2.28. The minimum absolute atomic E-state index is 0.0407. The fourth-order valence-corrected chi connectivity index (χ4v) is 2.39.